The lowest BCUT2D eigenvalue weighted by atomic mass is 9.78. The molecule has 0 N–H and O–H groups in total. The number of ether oxygens (including phenoxy) is 5. The highest BCUT2D eigenvalue weighted by molar-refractivity contribution is 7.49. The summed E-state index contributed by atoms with van der Waals surface area (Å²) in [6, 6.07) is 17.8. The zero-order valence-corrected chi connectivity index (χ0v) is 34.6. The van der Waals surface area contributed by atoms with Crippen LogP contribution in [0, 0.1) is 47.3 Å². The van der Waals surface area contributed by atoms with Crippen LogP contribution >= 0.6 is 7.82 Å². The van der Waals surface area contributed by atoms with Gasteiger partial charge in [-0.15, -0.1) is 0 Å². The Morgan fingerprint density at radius 2 is 0.904 bits per heavy atom. The summed E-state index contributed by atoms with van der Waals surface area (Å²) >= 11 is 0. The Labute approximate surface area is 314 Å². The van der Waals surface area contributed by atoms with Gasteiger partial charge in [-0.2, -0.15) is 0 Å². The zero-order valence-electron chi connectivity index (χ0n) is 33.7. The Hall–Kier alpha value is -1.97. The Balaban J connectivity index is 0.000000236. The highest BCUT2D eigenvalue weighted by Crippen LogP contribution is 2.53. The molecule has 2 aromatic rings. The van der Waals surface area contributed by atoms with Gasteiger partial charge in [0.1, 0.15) is 17.6 Å². The smallest absolute Gasteiger partial charge is 0.395 e. The van der Waals surface area contributed by atoms with Gasteiger partial charge < -0.3 is 32.7 Å². The first-order valence-electron chi connectivity index (χ1n) is 19.7. The average molecular weight is 747 g/mol. The third-order valence-electron chi connectivity index (χ3n) is 12.4. The van der Waals surface area contributed by atoms with Crippen LogP contribution in [0.25, 0.3) is 0 Å². The van der Waals surface area contributed by atoms with Gasteiger partial charge in [0.05, 0.1) is 18.3 Å². The van der Waals surface area contributed by atoms with E-state index in [-0.39, 0.29) is 42.9 Å². The second-order valence-electron chi connectivity index (χ2n) is 15.4. The number of methoxy groups -OCH3 is 1. The summed E-state index contributed by atoms with van der Waals surface area (Å²) in [4.78, 5) is 0. The van der Waals surface area contributed by atoms with Crippen molar-refractivity contribution in [3.8, 4) is 11.5 Å². The van der Waals surface area contributed by atoms with E-state index in [0.717, 1.165) is 19.3 Å². The van der Waals surface area contributed by atoms with Crippen molar-refractivity contribution in [3.05, 3.63) is 60.7 Å². The van der Waals surface area contributed by atoms with Crippen LogP contribution < -0.4 is 9.05 Å². The summed E-state index contributed by atoms with van der Waals surface area (Å²) in [5.74, 6) is 3.95. The summed E-state index contributed by atoms with van der Waals surface area (Å²) in [5.41, 5.74) is 0. The van der Waals surface area contributed by atoms with E-state index in [2.05, 4.69) is 69.2 Å². The number of hydrogen-bond acceptors (Lipinski definition) is 9. The molecule has 0 aromatic heterocycles. The summed E-state index contributed by atoms with van der Waals surface area (Å²) in [7, 11) is -2.27. The molecule has 0 radical (unpaired) electrons. The minimum atomic E-state index is -3.98. The quantitative estimate of drug-likeness (QED) is 0.197. The van der Waals surface area contributed by atoms with E-state index in [0.29, 0.717) is 52.9 Å². The molecule has 10 heteroatoms. The van der Waals surface area contributed by atoms with Gasteiger partial charge >= 0.3 is 7.82 Å². The third kappa shape index (κ3) is 10.4. The van der Waals surface area contributed by atoms with Crippen molar-refractivity contribution < 1.29 is 41.8 Å². The number of phosphoric acid groups is 1. The maximum absolute atomic E-state index is 13.6. The molecule has 2 aromatic carbocycles. The van der Waals surface area contributed by atoms with E-state index >= 15 is 0 Å². The first kappa shape index (κ1) is 42.8. The van der Waals surface area contributed by atoms with E-state index in [1.165, 1.54) is 0 Å². The predicted molar refractivity (Wildman–Crippen MR) is 205 cm³/mol. The molecule has 3 fully saturated rings. The van der Waals surface area contributed by atoms with Crippen LogP contribution in [0.2, 0.25) is 0 Å². The highest BCUT2D eigenvalue weighted by atomic mass is 31.2. The Kier molecular flexibility index (Phi) is 16.1. The van der Waals surface area contributed by atoms with Gasteiger partial charge in [-0.05, 0) is 79.0 Å². The molecule has 3 aliphatic heterocycles. The molecular weight excluding hydrogens is 679 g/mol. The molecule has 52 heavy (non-hydrogen) atoms. The number of para-hydroxylation sites is 2. The van der Waals surface area contributed by atoms with E-state index in [4.69, 9.17) is 37.3 Å². The second-order valence-corrected chi connectivity index (χ2v) is 16.9. The maximum Gasteiger partial charge on any atom is 0.589 e. The van der Waals surface area contributed by atoms with Crippen LogP contribution in [-0.4, -0.2) is 50.4 Å². The average Bonchev–Trinajstić information content (AvgIpc) is 3.14. The number of hydrogen-bond donors (Lipinski definition) is 0. The Morgan fingerprint density at radius 1 is 0.519 bits per heavy atom. The van der Waals surface area contributed by atoms with Crippen molar-refractivity contribution in [2.45, 2.75) is 139 Å². The summed E-state index contributed by atoms with van der Waals surface area (Å²) in [6.07, 6.45) is 2.18. The zero-order chi connectivity index (χ0) is 38.2. The lowest BCUT2D eigenvalue weighted by molar-refractivity contribution is -0.333. The molecule has 3 saturated heterocycles. The minimum absolute atomic E-state index is 0.0399. The van der Waals surface area contributed by atoms with Gasteiger partial charge in [0, 0.05) is 18.9 Å². The molecule has 0 saturated carbocycles. The number of phosphoric ester groups is 1. The van der Waals surface area contributed by atoms with Crippen LogP contribution in [0.3, 0.4) is 0 Å². The Morgan fingerprint density at radius 3 is 1.33 bits per heavy atom. The lowest BCUT2D eigenvalue weighted by Crippen LogP contribution is -2.55. The van der Waals surface area contributed by atoms with Gasteiger partial charge in [-0.1, -0.05) is 113 Å². The molecular formula is C42H67O9P. The topological polar surface area (TPSA) is 90.9 Å². The van der Waals surface area contributed by atoms with Gasteiger partial charge in [0.15, 0.2) is 18.9 Å². The standard InChI is InChI=1S/C22H29O5P.C20H38O4/c1-5-21-17(3)16(2)18(4)22(24-21)27-28(23,25-19-12-8-6-9-13-19)26-20-14-10-7-11-15-20;1-9-16-12(4)11(3)15(7)19(22-16)24-18-14(6)13(5)17(10-2)23-20(18)21-8/h6-18,21-22H,5H2,1-4H3;11-20H,9-10H2,1-8H3/t16?,17-,18?,21?,22+;11?,12-,13-,14?,15?,16?,17?,18?,19+,20+/m00/s1. The van der Waals surface area contributed by atoms with Crippen molar-refractivity contribution in [3.63, 3.8) is 0 Å². The van der Waals surface area contributed by atoms with Crippen LogP contribution in [0.5, 0.6) is 11.5 Å². The lowest BCUT2D eigenvalue weighted by Gasteiger charge is -2.48. The van der Waals surface area contributed by atoms with Gasteiger partial charge in [0.25, 0.3) is 0 Å². The largest absolute Gasteiger partial charge is 0.589 e. The van der Waals surface area contributed by atoms with Crippen molar-refractivity contribution in [2.75, 3.05) is 7.11 Å². The fraction of sp³-hybridized carbons (Fsp3) is 0.714. The van der Waals surface area contributed by atoms with E-state index in [1.54, 1.807) is 55.6 Å². The van der Waals surface area contributed by atoms with E-state index in [9.17, 15) is 4.57 Å². The molecule has 0 amide bonds. The molecule has 5 rings (SSSR count). The summed E-state index contributed by atoms with van der Waals surface area (Å²) < 4.78 is 61.7. The molecule has 3 heterocycles. The van der Waals surface area contributed by atoms with Crippen LogP contribution in [-0.2, 0) is 32.8 Å². The van der Waals surface area contributed by atoms with Crippen molar-refractivity contribution >= 4 is 7.82 Å². The van der Waals surface area contributed by atoms with E-state index in [1.807, 2.05) is 19.1 Å². The molecule has 9 unspecified atom stereocenters. The fourth-order valence-corrected chi connectivity index (χ4v) is 9.23. The number of rotatable bonds is 12. The fourth-order valence-electron chi connectivity index (χ4n) is 7.85. The predicted octanol–water partition coefficient (Wildman–Crippen LogP) is 10.8. The summed E-state index contributed by atoms with van der Waals surface area (Å²) in [5, 5.41) is 0. The molecule has 0 spiro atoms. The SMILES string of the molecule is CCC1O[C@H](OC2C(C)[C@H](C)C(CC)O[C@H]2OC)C(C)C(C)[C@@H]1C.CCC1O[C@H](OP(=O)(Oc2ccccc2)Oc2ccccc2)C(C)C(C)[C@@H]1C. The summed E-state index contributed by atoms with van der Waals surface area (Å²) in [6.45, 7) is 24.2. The first-order valence-corrected chi connectivity index (χ1v) is 21.2. The molecule has 3 aliphatic rings. The molecule has 0 bridgehead atoms. The van der Waals surface area contributed by atoms with Gasteiger partial charge in [-0.3, -0.25) is 0 Å². The van der Waals surface area contributed by atoms with Crippen LogP contribution in [0.15, 0.2) is 60.7 Å². The normalized spacial score (nSPS) is 38.1. The molecule has 9 nitrogen and oxygen atoms in total. The van der Waals surface area contributed by atoms with Crippen LogP contribution in [0.1, 0.15) is 95.4 Å². The van der Waals surface area contributed by atoms with Crippen molar-refractivity contribution in [2.24, 2.45) is 47.3 Å². The van der Waals surface area contributed by atoms with Gasteiger partial charge in [0.2, 0.25) is 0 Å². The minimum Gasteiger partial charge on any atom is -0.395 e. The first-order chi connectivity index (χ1) is 24.8. The van der Waals surface area contributed by atoms with E-state index < -0.39 is 14.1 Å². The monoisotopic (exact) mass is 746 g/mol. The second kappa shape index (κ2) is 19.6. The molecule has 0 aliphatic carbocycles. The van der Waals surface area contributed by atoms with Crippen LogP contribution in [0.4, 0.5) is 0 Å². The Bertz CT molecular complexity index is 1310. The van der Waals surface area contributed by atoms with Crippen molar-refractivity contribution in [1.82, 2.24) is 0 Å². The maximum atomic E-state index is 13.6. The van der Waals surface area contributed by atoms with Crippen molar-refractivity contribution in [1.29, 1.82) is 0 Å². The van der Waals surface area contributed by atoms with Gasteiger partial charge in [-0.25, -0.2) is 9.09 Å². The highest BCUT2D eigenvalue weighted by Gasteiger charge is 2.47. The molecule has 15 atom stereocenters. The molecule has 294 valence electrons. The third-order valence-corrected chi connectivity index (χ3v) is 13.7. The number of benzene rings is 2.